The van der Waals surface area contributed by atoms with Crippen LogP contribution < -0.4 is 10.6 Å². The van der Waals surface area contributed by atoms with E-state index in [0.717, 1.165) is 38.7 Å². The number of nitrogens with zero attached hydrogens (tertiary/aromatic N) is 3. The second kappa shape index (κ2) is 11.0. The zero-order valence-electron chi connectivity index (χ0n) is 14.2. The van der Waals surface area contributed by atoms with Crippen LogP contribution in [0.25, 0.3) is 0 Å². The largest absolute Gasteiger partial charge is 0.381 e. The first kappa shape index (κ1) is 18.4. The minimum Gasteiger partial charge on any atom is -0.381 e. The molecule has 0 aliphatic carbocycles. The summed E-state index contributed by atoms with van der Waals surface area (Å²) in [4.78, 5) is 8.68. The topological polar surface area (TPSA) is 84.6 Å². The summed E-state index contributed by atoms with van der Waals surface area (Å²) in [6, 6.07) is 0. The van der Waals surface area contributed by atoms with Gasteiger partial charge in [0.1, 0.15) is 0 Å². The summed E-state index contributed by atoms with van der Waals surface area (Å²) in [6.07, 6.45) is 1.61. The number of ether oxygens (including phenoxy) is 1. The second-order valence-electron chi connectivity index (χ2n) is 5.50. The van der Waals surface area contributed by atoms with Crippen molar-refractivity contribution in [2.75, 3.05) is 32.8 Å². The van der Waals surface area contributed by atoms with Gasteiger partial charge in [0, 0.05) is 39.3 Å². The molecule has 1 heterocycles. The molecule has 0 atom stereocenters. The first-order valence-electron chi connectivity index (χ1n) is 8.01. The fraction of sp³-hybridized carbons (Fsp3) is 0.800. The molecule has 0 spiro atoms. The zero-order valence-corrected chi connectivity index (χ0v) is 14.2. The predicted octanol–water partition coefficient (Wildman–Crippen LogP) is 1.54. The van der Waals surface area contributed by atoms with Gasteiger partial charge in [-0.2, -0.15) is 4.98 Å². The Balaban J connectivity index is 2.20. The summed E-state index contributed by atoms with van der Waals surface area (Å²) in [5, 5.41) is 10.2. The van der Waals surface area contributed by atoms with Gasteiger partial charge in [-0.15, -0.1) is 0 Å². The summed E-state index contributed by atoms with van der Waals surface area (Å²) in [6.45, 7) is 12.0. The van der Waals surface area contributed by atoms with Gasteiger partial charge < -0.3 is 19.9 Å². The molecule has 2 N–H and O–H groups in total. The molecule has 1 aromatic heterocycles. The van der Waals surface area contributed by atoms with E-state index in [1.807, 2.05) is 13.8 Å². The first-order valence-corrected chi connectivity index (χ1v) is 8.01. The van der Waals surface area contributed by atoms with Crippen LogP contribution >= 0.6 is 0 Å². The SMILES string of the molecule is CCNC(=NCCCOCC(C)C)NCCc1nc(C)no1. The van der Waals surface area contributed by atoms with Crippen molar-refractivity contribution < 1.29 is 9.26 Å². The molecule has 0 radical (unpaired) electrons. The predicted molar refractivity (Wildman–Crippen MR) is 87.0 cm³/mol. The fourth-order valence-corrected chi connectivity index (χ4v) is 1.75. The molecule has 1 rings (SSSR count). The van der Waals surface area contributed by atoms with Crippen LogP contribution in [0.2, 0.25) is 0 Å². The highest BCUT2D eigenvalue weighted by atomic mass is 16.5. The second-order valence-corrected chi connectivity index (χ2v) is 5.50. The van der Waals surface area contributed by atoms with E-state index in [1.165, 1.54) is 0 Å². The lowest BCUT2D eigenvalue weighted by atomic mass is 10.2. The van der Waals surface area contributed by atoms with E-state index in [9.17, 15) is 0 Å². The minimum absolute atomic E-state index is 0.579. The molecule has 0 saturated carbocycles. The molecular formula is C15H29N5O2. The molecule has 7 heteroatoms. The van der Waals surface area contributed by atoms with E-state index in [0.29, 0.717) is 30.6 Å². The highest BCUT2D eigenvalue weighted by molar-refractivity contribution is 5.79. The van der Waals surface area contributed by atoms with E-state index in [2.05, 4.69) is 39.6 Å². The molecule has 1 aromatic rings. The maximum Gasteiger partial charge on any atom is 0.228 e. The molecule has 126 valence electrons. The Morgan fingerprint density at radius 3 is 2.82 bits per heavy atom. The van der Waals surface area contributed by atoms with E-state index in [1.54, 1.807) is 0 Å². The van der Waals surface area contributed by atoms with Crippen LogP contribution in [0.5, 0.6) is 0 Å². The van der Waals surface area contributed by atoms with Gasteiger partial charge in [-0.05, 0) is 26.2 Å². The lowest BCUT2D eigenvalue weighted by Crippen LogP contribution is -2.38. The molecule has 0 aromatic carbocycles. The number of aliphatic imine (C=N–C) groups is 1. The van der Waals surface area contributed by atoms with Gasteiger partial charge in [-0.3, -0.25) is 4.99 Å². The maximum atomic E-state index is 5.54. The quantitative estimate of drug-likeness (QED) is 0.387. The summed E-state index contributed by atoms with van der Waals surface area (Å²) in [7, 11) is 0. The molecule has 0 bridgehead atoms. The van der Waals surface area contributed by atoms with E-state index < -0.39 is 0 Å². The molecule has 0 amide bonds. The van der Waals surface area contributed by atoms with Gasteiger partial charge in [0.25, 0.3) is 0 Å². The fourth-order valence-electron chi connectivity index (χ4n) is 1.75. The molecule has 7 nitrogen and oxygen atoms in total. The normalized spacial score (nSPS) is 12.0. The van der Waals surface area contributed by atoms with Crippen molar-refractivity contribution in [1.82, 2.24) is 20.8 Å². The molecular weight excluding hydrogens is 282 g/mol. The Morgan fingerprint density at radius 2 is 2.18 bits per heavy atom. The number of hydrogen-bond acceptors (Lipinski definition) is 5. The molecule has 22 heavy (non-hydrogen) atoms. The van der Waals surface area contributed by atoms with Crippen molar-refractivity contribution in [3.63, 3.8) is 0 Å². The summed E-state index contributed by atoms with van der Waals surface area (Å²) >= 11 is 0. The highest BCUT2D eigenvalue weighted by Gasteiger charge is 2.03. The van der Waals surface area contributed by atoms with E-state index in [4.69, 9.17) is 9.26 Å². The van der Waals surface area contributed by atoms with Crippen molar-refractivity contribution in [1.29, 1.82) is 0 Å². The van der Waals surface area contributed by atoms with Crippen LogP contribution in [0.4, 0.5) is 0 Å². The number of hydrogen-bond donors (Lipinski definition) is 2. The molecule has 0 aliphatic rings. The highest BCUT2D eigenvalue weighted by Crippen LogP contribution is 1.96. The number of aryl methyl sites for hydroxylation is 1. The Labute approximate surface area is 132 Å². The lowest BCUT2D eigenvalue weighted by Gasteiger charge is -2.10. The van der Waals surface area contributed by atoms with Crippen molar-refractivity contribution >= 4 is 5.96 Å². The average Bonchev–Trinajstić information content (AvgIpc) is 2.88. The molecule has 0 aliphatic heterocycles. The van der Waals surface area contributed by atoms with Gasteiger partial charge in [-0.1, -0.05) is 19.0 Å². The number of nitrogens with one attached hydrogen (secondary N) is 2. The van der Waals surface area contributed by atoms with Crippen molar-refractivity contribution in [2.45, 2.75) is 40.5 Å². The van der Waals surface area contributed by atoms with Gasteiger partial charge in [0.15, 0.2) is 11.8 Å². The summed E-state index contributed by atoms with van der Waals surface area (Å²) < 4.78 is 10.6. The Bertz CT molecular complexity index is 431. The van der Waals surface area contributed by atoms with Crippen molar-refractivity contribution in [2.24, 2.45) is 10.9 Å². The van der Waals surface area contributed by atoms with Crippen molar-refractivity contribution in [3.8, 4) is 0 Å². The van der Waals surface area contributed by atoms with Gasteiger partial charge in [-0.25, -0.2) is 0 Å². The van der Waals surface area contributed by atoms with Crippen molar-refractivity contribution in [3.05, 3.63) is 11.7 Å². The maximum absolute atomic E-state index is 5.54. The Kier molecular flexibility index (Phi) is 9.21. The number of guanidine groups is 1. The lowest BCUT2D eigenvalue weighted by molar-refractivity contribution is 0.109. The van der Waals surface area contributed by atoms with Crippen LogP contribution in [0.15, 0.2) is 9.52 Å². The van der Waals surface area contributed by atoms with E-state index in [-0.39, 0.29) is 0 Å². The van der Waals surface area contributed by atoms with Crippen LogP contribution in [0.3, 0.4) is 0 Å². The summed E-state index contributed by atoms with van der Waals surface area (Å²) in [5.41, 5.74) is 0. The third-order valence-corrected chi connectivity index (χ3v) is 2.71. The van der Waals surface area contributed by atoms with Gasteiger partial charge in [0.05, 0.1) is 0 Å². The minimum atomic E-state index is 0.579. The molecule has 0 fully saturated rings. The smallest absolute Gasteiger partial charge is 0.228 e. The van der Waals surface area contributed by atoms with Gasteiger partial charge >= 0.3 is 0 Å². The monoisotopic (exact) mass is 311 g/mol. The summed E-state index contributed by atoms with van der Waals surface area (Å²) in [5.74, 6) is 2.69. The van der Waals surface area contributed by atoms with Gasteiger partial charge in [0.2, 0.25) is 5.89 Å². The van der Waals surface area contributed by atoms with Crippen LogP contribution in [-0.4, -0.2) is 48.9 Å². The molecule has 0 unspecified atom stereocenters. The Hall–Kier alpha value is -1.63. The third kappa shape index (κ3) is 8.61. The first-order chi connectivity index (χ1) is 10.6. The van der Waals surface area contributed by atoms with Crippen LogP contribution in [0, 0.1) is 12.8 Å². The Morgan fingerprint density at radius 1 is 1.36 bits per heavy atom. The number of rotatable bonds is 10. The standard InChI is InChI=1S/C15H29N5O2/c1-5-16-15(17-8-6-10-21-11-12(2)3)18-9-7-14-19-13(4)20-22-14/h12H,5-11H2,1-4H3,(H2,16,17,18). The van der Waals surface area contributed by atoms with E-state index >= 15 is 0 Å². The van der Waals surface area contributed by atoms with Crippen LogP contribution in [0.1, 0.15) is 38.9 Å². The number of aromatic nitrogens is 2. The average molecular weight is 311 g/mol. The van der Waals surface area contributed by atoms with Crippen LogP contribution in [-0.2, 0) is 11.2 Å². The molecule has 0 saturated heterocycles. The third-order valence-electron chi connectivity index (χ3n) is 2.71. The zero-order chi connectivity index (χ0) is 16.2.